The molecule has 3 nitrogen and oxygen atoms in total. The van der Waals surface area contributed by atoms with Gasteiger partial charge in [0.15, 0.2) is 0 Å². The topological polar surface area (TPSA) is 27.7 Å². The van der Waals surface area contributed by atoms with E-state index in [1.54, 1.807) is 0 Å². The fraction of sp³-hybridized carbons (Fsp3) is 1.00. The summed E-state index contributed by atoms with van der Waals surface area (Å²) < 4.78 is 21.0. The van der Waals surface area contributed by atoms with Crippen LogP contribution < -0.4 is 0 Å². The highest BCUT2D eigenvalue weighted by atomic mass is 32.2. The molecule has 0 aromatic rings. The van der Waals surface area contributed by atoms with E-state index in [1.165, 1.54) is 5.75 Å². The maximum Gasteiger partial charge on any atom is 0.334 e. The maximum absolute atomic E-state index is 7.19. The van der Waals surface area contributed by atoms with Crippen LogP contribution >= 0.6 is 11.8 Å². The van der Waals surface area contributed by atoms with Gasteiger partial charge in [-0.05, 0) is 33.8 Å². The van der Waals surface area contributed by atoms with Crippen LogP contribution in [0.5, 0.6) is 0 Å². The van der Waals surface area contributed by atoms with E-state index in [-0.39, 0.29) is 6.10 Å². The zero-order chi connectivity index (χ0) is 18.3. The maximum atomic E-state index is 7.19. The van der Waals surface area contributed by atoms with Crippen LogP contribution in [0.1, 0.15) is 62.3 Å². The molecule has 0 amide bonds. The monoisotopic (exact) mass is 390 g/mol. The fourth-order valence-corrected chi connectivity index (χ4v) is 17.3. The van der Waals surface area contributed by atoms with Gasteiger partial charge in [-0.1, -0.05) is 62.3 Å². The lowest BCUT2D eigenvalue weighted by molar-refractivity contribution is 0.0547. The van der Waals surface area contributed by atoms with Gasteiger partial charge >= 0.3 is 17.1 Å². The molecular weight excluding hydrogens is 352 g/mol. The van der Waals surface area contributed by atoms with Crippen molar-refractivity contribution in [1.82, 2.24) is 0 Å². The summed E-state index contributed by atoms with van der Waals surface area (Å²) >= 11 is 2.04. The van der Waals surface area contributed by atoms with E-state index in [0.29, 0.717) is 33.3 Å². The third-order valence-corrected chi connectivity index (χ3v) is 17.6. The van der Waals surface area contributed by atoms with E-state index in [2.05, 4.69) is 62.3 Å². The van der Waals surface area contributed by atoms with Crippen molar-refractivity contribution in [3.8, 4) is 0 Å². The van der Waals surface area contributed by atoms with Gasteiger partial charge in [0, 0.05) is 0 Å². The zero-order valence-electron chi connectivity index (χ0n) is 17.1. The fourth-order valence-electron chi connectivity index (χ4n) is 4.30. The molecule has 0 bridgehead atoms. The minimum Gasteiger partial charge on any atom is -0.414 e. The van der Waals surface area contributed by atoms with Crippen molar-refractivity contribution in [3.63, 3.8) is 0 Å². The lowest BCUT2D eigenvalue weighted by Gasteiger charge is -2.51. The lowest BCUT2D eigenvalue weighted by Crippen LogP contribution is -2.65. The summed E-state index contributed by atoms with van der Waals surface area (Å²) in [6, 6.07) is 0. The summed E-state index contributed by atoms with van der Waals surface area (Å²) in [7, 11) is -4.72. The second-order valence-corrected chi connectivity index (χ2v) is 19.0. The molecule has 0 aromatic carbocycles. The van der Waals surface area contributed by atoms with E-state index in [9.17, 15) is 0 Å². The average molecular weight is 391 g/mol. The van der Waals surface area contributed by atoms with Crippen molar-refractivity contribution in [2.45, 2.75) is 95.8 Å². The largest absolute Gasteiger partial charge is 0.414 e. The Balaban J connectivity index is 2.51. The smallest absolute Gasteiger partial charge is 0.334 e. The normalized spacial score (nSPS) is 33.1. The first-order valence-electron chi connectivity index (χ1n) is 9.70. The Morgan fingerprint density at radius 2 is 1.33 bits per heavy atom. The van der Waals surface area contributed by atoms with Crippen molar-refractivity contribution in [2.24, 2.45) is 5.92 Å². The Morgan fingerprint density at radius 1 is 0.833 bits per heavy atom. The number of fused-ring (bicyclic) bond motifs is 1. The summed E-state index contributed by atoms with van der Waals surface area (Å²) in [6.45, 7) is 21.5. The quantitative estimate of drug-likeness (QED) is 0.576. The van der Waals surface area contributed by atoms with Gasteiger partial charge in [0.05, 0.1) is 18.0 Å². The van der Waals surface area contributed by atoms with Gasteiger partial charge in [-0.15, -0.1) is 0 Å². The van der Waals surface area contributed by atoms with Gasteiger partial charge in [0.2, 0.25) is 0 Å². The predicted octanol–water partition coefficient (Wildman–Crippen LogP) is 5.69. The Kier molecular flexibility index (Phi) is 6.75. The molecule has 0 spiro atoms. The molecule has 2 aliphatic heterocycles. The molecular formula is C18H38O3SSi2. The average Bonchev–Trinajstić information content (AvgIpc) is 2.77. The molecule has 0 radical (unpaired) electrons. The van der Waals surface area contributed by atoms with Crippen LogP contribution in [-0.4, -0.2) is 40.8 Å². The first-order chi connectivity index (χ1) is 11.1. The first-order valence-corrected chi connectivity index (χ1v) is 14.7. The zero-order valence-corrected chi connectivity index (χ0v) is 19.9. The van der Waals surface area contributed by atoms with Gasteiger partial charge in [-0.3, -0.25) is 0 Å². The van der Waals surface area contributed by atoms with Crippen LogP contribution in [-0.2, 0) is 13.0 Å². The lowest BCUT2D eigenvalue weighted by atomic mass is 10.1. The molecule has 24 heavy (non-hydrogen) atoms. The van der Waals surface area contributed by atoms with Crippen LogP contribution in [0.4, 0.5) is 0 Å². The van der Waals surface area contributed by atoms with Crippen molar-refractivity contribution < 1.29 is 13.0 Å². The Morgan fingerprint density at radius 3 is 1.79 bits per heavy atom. The number of hydrogen-bond acceptors (Lipinski definition) is 4. The summed E-state index contributed by atoms with van der Waals surface area (Å²) in [5, 5.41) is 0.470. The van der Waals surface area contributed by atoms with Crippen LogP contribution in [0.3, 0.4) is 0 Å². The van der Waals surface area contributed by atoms with Crippen molar-refractivity contribution in [2.75, 3.05) is 12.4 Å². The summed E-state index contributed by atoms with van der Waals surface area (Å²) in [6.07, 6.45) is 0.290. The third kappa shape index (κ3) is 3.56. The molecule has 2 aliphatic rings. The van der Waals surface area contributed by atoms with Gasteiger partial charge in [-0.2, -0.15) is 11.8 Å². The van der Waals surface area contributed by atoms with E-state index in [4.69, 9.17) is 13.0 Å². The summed E-state index contributed by atoms with van der Waals surface area (Å²) in [5.74, 6) is 1.76. The van der Waals surface area contributed by atoms with Gasteiger partial charge in [0.25, 0.3) is 0 Å². The van der Waals surface area contributed by atoms with Crippen LogP contribution in [0.25, 0.3) is 0 Å². The molecule has 3 atom stereocenters. The van der Waals surface area contributed by atoms with Gasteiger partial charge < -0.3 is 13.0 Å². The van der Waals surface area contributed by atoms with Crippen LogP contribution in [0, 0.1) is 5.92 Å². The molecule has 2 rings (SSSR count). The molecule has 0 aliphatic carbocycles. The Hall–Kier alpha value is 0.664. The highest BCUT2D eigenvalue weighted by Gasteiger charge is 2.59. The van der Waals surface area contributed by atoms with Crippen molar-refractivity contribution >= 4 is 28.9 Å². The molecule has 2 fully saturated rings. The molecule has 0 N–H and O–H groups in total. The summed E-state index contributed by atoms with van der Waals surface area (Å²) in [5.41, 5.74) is 1.74. The predicted molar refractivity (Wildman–Crippen MR) is 109 cm³/mol. The Bertz CT molecular complexity index is 412. The van der Waals surface area contributed by atoms with E-state index in [0.717, 1.165) is 6.61 Å². The highest BCUT2D eigenvalue weighted by molar-refractivity contribution is 8.00. The Labute approximate surface area is 156 Å². The number of hydrogen-bond donors (Lipinski definition) is 0. The SMILES string of the molecule is CC(C)[Si]1(C(C)C)OC[C@H]2SC[C@H](C)[C@@H]2O[Si](C(C)C)(C(C)C)O1. The number of rotatable bonds is 4. The number of thioether (sulfide) groups is 1. The highest BCUT2D eigenvalue weighted by Crippen LogP contribution is 2.49. The first kappa shape index (κ1) is 21.0. The molecule has 0 aromatic heterocycles. The van der Waals surface area contributed by atoms with Crippen molar-refractivity contribution in [3.05, 3.63) is 0 Å². The molecule has 2 heterocycles. The summed E-state index contributed by atoms with van der Waals surface area (Å²) in [4.78, 5) is 0. The second-order valence-electron chi connectivity index (χ2n) is 8.91. The van der Waals surface area contributed by atoms with E-state index >= 15 is 0 Å². The van der Waals surface area contributed by atoms with Gasteiger partial charge in [-0.25, -0.2) is 0 Å². The molecule has 142 valence electrons. The molecule has 6 heteroatoms. The van der Waals surface area contributed by atoms with Gasteiger partial charge in [0.1, 0.15) is 0 Å². The van der Waals surface area contributed by atoms with E-state index in [1.807, 2.05) is 11.8 Å². The van der Waals surface area contributed by atoms with Crippen LogP contribution in [0.2, 0.25) is 22.2 Å². The molecule has 0 unspecified atom stereocenters. The minimum atomic E-state index is -2.39. The standard InChI is InChI=1S/C18H38O3SSi2/c1-12(2)23(13(3)4)19-10-17-18(16(9)11-22-17)20-24(21-23,14(5)6)15(7)8/h12-18H,10-11H2,1-9H3/t16-,17+,18-/m0/s1. The molecule has 0 saturated carbocycles. The minimum absolute atomic E-state index is 0.290. The van der Waals surface area contributed by atoms with Crippen molar-refractivity contribution in [1.29, 1.82) is 0 Å². The van der Waals surface area contributed by atoms with E-state index < -0.39 is 17.1 Å². The molecule has 2 saturated heterocycles. The van der Waals surface area contributed by atoms with Crippen LogP contribution in [0.15, 0.2) is 0 Å². The second kappa shape index (κ2) is 7.73. The third-order valence-electron chi connectivity index (χ3n) is 5.83.